The fourth-order valence-electron chi connectivity index (χ4n) is 2.90. The van der Waals surface area contributed by atoms with Crippen molar-refractivity contribution < 1.29 is 13.9 Å². The third-order valence-corrected chi connectivity index (χ3v) is 5.49. The van der Waals surface area contributed by atoms with Gasteiger partial charge in [0.25, 0.3) is 0 Å². The molecule has 34 heavy (non-hydrogen) atoms. The summed E-state index contributed by atoms with van der Waals surface area (Å²) in [6.07, 6.45) is 8.64. The number of nitrogens with one attached hydrogen (secondary N) is 1. The lowest BCUT2D eigenvalue weighted by molar-refractivity contribution is 0.0972. The Hall–Kier alpha value is -3.57. The number of hydrogen-bond acceptors (Lipinski definition) is 9. The molecule has 0 bridgehead atoms. The zero-order valence-electron chi connectivity index (χ0n) is 19.3. The van der Waals surface area contributed by atoms with E-state index in [9.17, 15) is 4.39 Å². The first-order valence-electron chi connectivity index (χ1n) is 10.3. The summed E-state index contributed by atoms with van der Waals surface area (Å²) in [7, 11) is 3.12. The van der Waals surface area contributed by atoms with Gasteiger partial charge in [-0.1, -0.05) is 24.8 Å². The number of allylic oxidation sites excluding steroid dienone is 4. The Morgan fingerprint density at radius 1 is 1.24 bits per heavy atom. The van der Waals surface area contributed by atoms with Gasteiger partial charge in [-0.2, -0.15) is 0 Å². The average Bonchev–Trinajstić information content (AvgIpc) is 3.25. The predicted molar refractivity (Wildman–Crippen MR) is 132 cm³/mol. The van der Waals surface area contributed by atoms with E-state index < -0.39 is 5.83 Å². The van der Waals surface area contributed by atoms with E-state index in [-0.39, 0.29) is 11.4 Å². The summed E-state index contributed by atoms with van der Waals surface area (Å²) >= 11 is 1.33. The third kappa shape index (κ3) is 6.27. The van der Waals surface area contributed by atoms with E-state index in [1.54, 1.807) is 37.7 Å². The smallest absolute Gasteiger partial charge is 0.239 e. The molecule has 3 aromatic rings. The van der Waals surface area contributed by atoms with Crippen LogP contribution in [0.5, 0.6) is 5.88 Å². The lowest BCUT2D eigenvalue weighted by atomic mass is 10.2. The summed E-state index contributed by atoms with van der Waals surface area (Å²) in [6, 6.07) is 5.22. The first-order chi connectivity index (χ1) is 16.5. The van der Waals surface area contributed by atoms with Crippen molar-refractivity contribution in [3.05, 3.63) is 72.6 Å². The van der Waals surface area contributed by atoms with Gasteiger partial charge >= 0.3 is 0 Å². The molecule has 3 heterocycles. The highest BCUT2D eigenvalue weighted by Gasteiger charge is 2.24. The van der Waals surface area contributed by atoms with Crippen LogP contribution in [0, 0.1) is 6.92 Å². The Balaban J connectivity index is 1.89. The van der Waals surface area contributed by atoms with Crippen molar-refractivity contribution in [3.63, 3.8) is 0 Å². The Morgan fingerprint density at radius 3 is 2.68 bits per heavy atom. The van der Waals surface area contributed by atoms with Crippen LogP contribution in [0.3, 0.4) is 0 Å². The number of rotatable bonds is 11. The number of pyridine rings is 1. The summed E-state index contributed by atoms with van der Waals surface area (Å²) in [5.41, 5.74) is 1.43. The molecule has 0 amide bonds. The van der Waals surface area contributed by atoms with Crippen LogP contribution in [0.15, 0.2) is 61.2 Å². The molecule has 0 aliphatic rings. The molecule has 0 saturated heterocycles. The van der Waals surface area contributed by atoms with Gasteiger partial charge in [0.05, 0.1) is 12.4 Å². The Kier molecular flexibility index (Phi) is 8.88. The van der Waals surface area contributed by atoms with Gasteiger partial charge in [0.1, 0.15) is 17.6 Å². The topological polar surface area (TPSA) is 99.9 Å². The minimum Gasteiger partial charge on any atom is -0.481 e. The molecule has 3 rings (SSSR count). The highest BCUT2D eigenvalue weighted by atomic mass is 32.2. The lowest BCUT2D eigenvalue weighted by Crippen LogP contribution is -2.19. The van der Waals surface area contributed by atoms with Crippen molar-refractivity contribution in [1.29, 1.82) is 0 Å². The Labute approximate surface area is 202 Å². The molecule has 0 fully saturated rings. The maximum atomic E-state index is 14.5. The number of anilines is 1. The third-order valence-electron chi connectivity index (χ3n) is 4.57. The SMILES string of the molecule is C=C/C=C\C(F)=C\n1c(NSC(C)C(OC)c2ncc(C)cn2)nnc1-c1cccc(OC)n1. The van der Waals surface area contributed by atoms with Gasteiger partial charge in [-0.15, -0.1) is 10.2 Å². The van der Waals surface area contributed by atoms with Gasteiger partial charge in [0.15, 0.2) is 11.6 Å². The van der Waals surface area contributed by atoms with Gasteiger partial charge in [0.2, 0.25) is 11.8 Å². The molecule has 0 aliphatic heterocycles. The number of methoxy groups -OCH3 is 2. The van der Waals surface area contributed by atoms with Crippen LogP contribution >= 0.6 is 11.9 Å². The molecule has 9 nitrogen and oxygen atoms in total. The molecule has 1 N–H and O–H groups in total. The number of aromatic nitrogens is 6. The quantitative estimate of drug-likeness (QED) is 0.305. The molecular weight excluding hydrogens is 457 g/mol. The van der Waals surface area contributed by atoms with Crippen LogP contribution in [0.4, 0.5) is 10.3 Å². The van der Waals surface area contributed by atoms with E-state index in [1.807, 2.05) is 13.8 Å². The molecule has 0 saturated carbocycles. The fraction of sp³-hybridized carbons (Fsp3) is 0.261. The molecule has 3 aromatic heterocycles. The number of nitrogens with zero attached hydrogens (tertiary/aromatic N) is 6. The van der Waals surface area contributed by atoms with E-state index in [4.69, 9.17) is 9.47 Å². The van der Waals surface area contributed by atoms with Crippen molar-refractivity contribution in [2.45, 2.75) is 25.2 Å². The monoisotopic (exact) mass is 483 g/mol. The van der Waals surface area contributed by atoms with Crippen molar-refractivity contribution >= 4 is 24.1 Å². The molecule has 0 spiro atoms. The fourth-order valence-corrected chi connectivity index (χ4v) is 3.69. The van der Waals surface area contributed by atoms with Crippen LogP contribution in [0.2, 0.25) is 0 Å². The van der Waals surface area contributed by atoms with Gasteiger partial charge in [-0.3, -0.25) is 9.29 Å². The molecule has 0 radical (unpaired) electrons. The van der Waals surface area contributed by atoms with Gasteiger partial charge in [-0.05, 0) is 43.5 Å². The normalized spacial score (nSPS) is 13.6. The molecule has 2 atom stereocenters. The molecule has 11 heteroatoms. The van der Waals surface area contributed by atoms with Crippen LogP contribution in [-0.4, -0.2) is 49.2 Å². The van der Waals surface area contributed by atoms with Gasteiger partial charge in [0, 0.05) is 31.8 Å². The second kappa shape index (κ2) is 12.1. The standard InChI is InChI=1S/C23H26FN7O2S/c1-6-7-9-17(24)14-31-22(18-10-8-11-19(27-18)32-4)28-29-23(31)30-34-16(3)20(33-5)21-25-12-15(2)13-26-21/h6-14,16,20H,1H2,2-5H3,(H,29,30)/b9-7-,17-14-. The van der Waals surface area contributed by atoms with E-state index in [0.717, 1.165) is 5.56 Å². The molecule has 2 unspecified atom stereocenters. The summed E-state index contributed by atoms with van der Waals surface area (Å²) < 4.78 is 30.0. The first-order valence-corrected chi connectivity index (χ1v) is 11.2. The second-order valence-electron chi connectivity index (χ2n) is 7.09. The van der Waals surface area contributed by atoms with E-state index in [1.165, 1.54) is 48.1 Å². The maximum Gasteiger partial charge on any atom is 0.239 e. The van der Waals surface area contributed by atoms with E-state index >= 15 is 0 Å². The summed E-state index contributed by atoms with van der Waals surface area (Å²) in [5.74, 6) is 1.09. The zero-order chi connectivity index (χ0) is 24.5. The zero-order valence-corrected chi connectivity index (χ0v) is 20.2. The van der Waals surface area contributed by atoms with Gasteiger partial charge in [-0.25, -0.2) is 19.3 Å². The number of aryl methyl sites for hydroxylation is 1. The molecular formula is C23H26FN7O2S. The van der Waals surface area contributed by atoms with Crippen molar-refractivity contribution in [1.82, 2.24) is 29.7 Å². The lowest BCUT2D eigenvalue weighted by Gasteiger charge is -2.21. The van der Waals surface area contributed by atoms with Crippen molar-refractivity contribution in [3.8, 4) is 17.4 Å². The molecule has 0 aliphatic carbocycles. The summed E-state index contributed by atoms with van der Waals surface area (Å²) in [5, 5.41) is 8.29. The Morgan fingerprint density at radius 2 is 2.00 bits per heavy atom. The molecule has 0 aromatic carbocycles. The highest BCUT2D eigenvalue weighted by molar-refractivity contribution is 8.01. The number of halogens is 1. The minimum atomic E-state index is -0.521. The van der Waals surface area contributed by atoms with Gasteiger partial charge < -0.3 is 9.47 Å². The van der Waals surface area contributed by atoms with Crippen LogP contribution < -0.4 is 9.46 Å². The first kappa shape index (κ1) is 25.1. The van der Waals surface area contributed by atoms with Crippen LogP contribution in [0.25, 0.3) is 17.7 Å². The van der Waals surface area contributed by atoms with E-state index in [0.29, 0.717) is 29.2 Å². The van der Waals surface area contributed by atoms with Crippen molar-refractivity contribution in [2.75, 3.05) is 18.9 Å². The highest BCUT2D eigenvalue weighted by Crippen LogP contribution is 2.29. The largest absolute Gasteiger partial charge is 0.481 e. The maximum absolute atomic E-state index is 14.5. The van der Waals surface area contributed by atoms with Crippen molar-refractivity contribution in [2.24, 2.45) is 0 Å². The number of hydrogen-bond donors (Lipinski definition) is 1. The van der Waals surface area contributed by atoms with Crippen LogP contribution in [0.1, 0.15) is 24.4 Å². The predicted octanol–water partition coefficient (Wildman–Crippen LogP) is 4.79. The average molecular weight is 484 g/mol. The van der Waals surface area contributed by atoms with Crippen LogP contribution in [-0.2, 0) is 4.74 Å². The minimum absolute atomic E-state index is 0.120. The molecule has 178 valence electrons. The second-order valence-corrected chi connectivity index (χ2v) is 8.27. The summed E-state index contributed by atoms with van der Waals surface area (Å²) in [6.45, 7) is 7.44. The van der Waals surface area contributed by atoms with E-state index in [2.05, 4.69) is 36.5 Å². The Bertz CT molecular complexity index is 1160. The number of ether oxygens (including phenoxy) is 2. The summed E-state index contributed by atoms with van der Waals surface area (Å²) in [4.78, 5) is 13.1.